The number of nitrogens with two attached hydrogens (primary N) is 2. The summed E-state index contributed by atoms with van der Waals surface area (Å²) in [6.45, 7) is 6.71. The number of aromatic amines is 1. The Balaban J connectivity index is 1.85. The van der Waals surface area contributed by atoms with Gasteiger partial charge in [-0.15, -0.1) is 0 Å². The van der Waals surface area contributed by atoms with Crippen molar-refractivity contribution >= 4 is 76.0 Å². The molecule has 3 aromatic rings. The number of aliphatic carboxylic acids is 2. The van der Waals surface area contributed by atoms with Crippen LogP contribution in [0, 0.1) is 11.8 Å². The van der Waals surface area contributed by atoms with Crippen molar-refractivity contribution in [1.29, 1.82) is 0 Å². The maximum Gasteiger partial charge on any atom is 0.326 e. The van der Waals surface area contributed by atoms with Crippen LogP contribution < -0.4 is 54.0 Å². The maximum absolute atomic E-state index is 14.4. The van der Waals surface area contributed by atoms with Crippen molar-refractivity contribution in [3.05, 3.63) is 71.9 Å². The number of carbonyl (C=O) groups is 11. The normalized spacial score (nSPS) is 14.4. The summed E-state index contributed by atoms with van der Waals surface area (Å²) >= 11 is 0. The number of nitrogens with one attached hydrogen (secondary N) is 9. The van der Waals surface area contributed by atoms with Crippen molar-refractivity contribution in [3.63, 3.8) is 0 Å². The van der Waals surface area contributed by atoms with Gasteiger partial charge in [0, 0.05) is 36.4 Å². The number of rotatable bonds is 29. The average Bonchev–Trinajstić information content (AvgIpc) is 3.73. The molecule has 1 heterocycles. The molecule has 0 fully saturated rings. The van der Waals surface area contributed by atoms with E-state index in [4.69, 9.17) is 11.5 Å². The molecule has 386 valence electrons. The molecule has 0 radical (unpaired) electrons. The van der Waals surface area contributed by atoms with Gasteiger partial charge in [-0.1, -0.05) is 82.6 Å². The smallest absolute Gasteiger partial charge is 0.326 e. The lowest BCUT2D eigenvalue weighted by Gasteiger charge is -2.26. The Morgan fingerprint density at radius 2 is 1.17 bits per heavy atom. The van der Waals surface area contributed by atoms with Crippen molar-refractivity contribution < 1.29 is 63.0 Å². The molecule has 0 saturated carbocycles. The second kappa shape index (κ2) is 27.9. The number of para-hydroxylation sites is 1. The molecule has 0 unspecified atom stereocenters. The standard InChI is InChI=1S/C47H65N11O13/c1-6-25(4)39(49)46(69)52-22-36(60)54-31(16-17-35(48)59)43(66)53-26(5)41(64)55-34(20-38(62)63)45(68)57-33(19-28-21-50-30-15-11-10-14-29(28)30)44(67)56-32(18-27-12-8-7-9-13-27)42(65)51-23-37(61)58-40(24(2)3)47(70)71/h7-15,21,24-26,31-34,39-40,50H,6,16-20,22-23,49H2,1-5H3,(H2,48,59)(H,51,65)(H,52,69)(H,53,66)(H,54,60)(H,55,64)(H,56,67)(H,57,68)(H,58,61)(H,62,63)(H,70,71)/t25-,26-,31-,32-,33-,34-,39-,40-/m0/s1. The van der Waals surface area contributed by atoms with Gasteiger partial charge in [-0.05, 0) is 42.4 Å². The van der Waals surface area contributed by atoms with Crippen LogP contribution in [0.25, 0.3) is 10.9 Å². The number of carboxylic acids is 2. The van der Waals surface area contributed by atoms with Crippen molar-refractivity contribution in [1.82, 2.24) is 47.5 Å². The molecule has 1 aromatic heterocycles. The zero-order valence-electron chi connectivity index (χ0n) is 40.2. The van der Waals surface area contributed by atoms with E-state index in [1.54, 1.807) is 81.6 Å². The second-order valence-corrected chi connectivity index (χ2v) is 17.4. The van der Waals surface area contributed by atoms with E-state index in [0.717, 1.165) is 0 Å². The molecular formula is C47H65N11O13. The van der Waals surface area contributed by atoms with Gasteiger partial charge in [-0.25, -0.2) is 4.79 Å². The van der Waals surface area contributed by atoms with Crippen LogP contribution in [-0.4, -0.2) is 136 Å². The van der Waals surface area contributed by atoms with E-state index in [2.05, 4.69) is 47.5 Å². The van der Waals surface area contributed by atoms with E-state index >= 15 is 0 Å². The van der Waals surface area contributed by atoms with Crippen LogP contribution in [-0.2, 0) is 65.6 Å². The molecular weight excluding hydrogens is 927 g/mol. The molecule has 15 N–H and O–H groups in total. The third-order valence-corrected chi connectivity index (χ3v) is 11.4. The van der Waals surface area contributed by atoms with Gasteiger partial charge < -0.3 is 69.2 Å². The van der Waals surface area contributed by atoms with Gasteiger partial charge in [-0.3, -0.25) is 47.9 Å². The third-order valence-electron chi connectivity index (χ3n) is 11.4. The van der Waals surface area contributed by atoms with Gasteiger partial charge in [0.2, 0.25) is 53.2 Å². The number of amides is 9. The number of hydrogen-bond donors (Lipinski definition) is 13. The fourth-order valence-corrected chi connectivity index (χ4v) is 7.02. The summed E-state index contributed by atoms with van der Waals surface area (Å²) in [5.41, 5.74) is 13.0. The van der Waals surface area contributed by atoms with E-state index in [9.17, 15) is 63.0 Å². The van der Waals surface area contributed by atoms with Crippen LogP contribution in [0.5, 0.6) is 0 Å². The fourth-order valence-electron chi connectivity index (χ4n) is 7.02. The topological polar surface area (TPSA) is 392 Å². The van der Waals surface area contributed by atoms with Gasteiger partial charge in [0.05, 0.1) is 25.6 Å². The highest BCUT2D eigenvalue weighted by molar-refractivity contribution is 5.99. The first-order chi connectivity index (χ1) is 33.5. The molecule has 0 saturated heterocycles. The Kier molecular flexibility index (Phi) is 22.6. The Morgan fingerprint density at radius 1 is 0.620 bits per heavy atom. The van der Waals surface area contributed by atoms with Crippen LogP contribution in [0.1, 0.15) is 71.4 Å². The second-order valence-electron chi connectivity index (χ2n) is 17.4. The zero-order valence-corrected chi connectivity index (χ0v) is 40.2. The first-order valence-corrected chi connectivity index (χ1v) is 22.9. The Morgan fingerprint density at radius 3 is 1.76 bits per heavy atom. The summed E-state index contributed by atoms with van der Waals surface area (Å²) in [6.07, 6.45) is 0.128. The number of benzene rings is 2. The van der Waals surface area contributed by atoms with Gasteiger partial charge in [0.25, 0.3) is 0 Å². The summed E-state index contributed by atoms with van der Waals surface area (Å²) in [7, 11) is 0. The molecule has 0 aliphatic rings. The largest absolute Gasteiger partial charge is 0.481 e. The number of primary amides is 1. The van der Waals surface area contributed by atoms with Crippen molar-refractivity contribution in [2.45, 2.75) is 115 Å². The minimum Gasteiger partial charge on any atom is -0.481 e. The van der Waals surface area contributed by atoms with Crippen LogP contribution in [0.4, 0.5) is 0 Å². The molecule has 0 bridgehead atoms. The lowest BCUT2D eigenvalue weighted by molar-refractivity contribution is -0.143. The molecule has 2 aromatic carbocycles. The summed E-state index contributed by atoms with van der Waals surface area (Å²) in [6, 6.07) is 5.57. The number of aromatic nitrogens is 1. The van der Waals surface area contributed by atoms with Crippen LogP contribution >= 0.6 is 0 Å². The summed E-state index contributed by atoms with van der Waals surface area (Å²) in [5.74, 6) is -11.6. The number of hydrogen-bond acceptors (Lipinski definition) is 12. The van der Waals surface area contributed by atoms with Gasteiger partial charge in [-0.2, -0.15) is 0 Å². The van der Waals surface area contributed by atoms with E-state index in [0.29, 0.717) is 28.5 Å². The first-order valence-electron chi connectivity index (χ1n) is 22.9. The highest BCUT2D eigenvalue weighted by Crippen LogP contribution is 2.20. The molecule has 71 heavy (non-hydrogen) atoms. The first kappa shape index (κ1) is 57.4. The highest BCUT2D eigenvalue weighted by Gasteiger charge is 2.34. The summed E-state index contributed by atoms with van der Waals surface area (Å²) in [5, 5.41) is 39.2. The minimum atomic E-state index is -1.87. The van der Waals surface area contributed by atoms with Crippen LogP contribution in [0.15, 0.2) is 60.8 Å². The van der Waals surface area contributed by atoms with Gasteiger partial charge in [0.1, 0.15) is 36.3 Å². The fraction of sp³-hybridized carbons (Fsp3) is 0.468. The maximum atomic E-state index is 14.4. The monoisotopic (exact) mass is 991 g/mol. The Hall–Kier alpha value is -7.89. The Labute approximate surface area is 409 Å². The molecule has 9 amide bonds. The quantitative estimate of drug-likeness (QED) is 0.0357. The van der Waals surface area contributed by atoms with Crippen molar-refractivity contribution in [3.8, 4) is 0 Å². The molecule has 0 spiro atoms. The molecule has 0 aliphatic heterocycles. The number of carbonyl (C=O) groups excluding carboxylic acids is 9. The molecule has 8 atom stereocenters. The minimum absolute atomic E-state index is 0.116. The van der Waals surface area contributed by atoms with E-state index < -0.39 is 133 Å². The van der Waals surface area contributed by atoms with E-state index in [1.165, 1.54) is 6.92 Å². The van der Waals surface area contributed by atoms with Crippen molar-refractivity contribution in [2.75, 3.05) is 13.1 Å². The highest BCUT2D eigenvalue weighted by atomic mass is 16.4. The molecule has 0 aliphatic carbocycles. The number of carboxylic acid groups (broad SMARTS) is 2. The van der Waals surface area contributed by atoms with Crippen LogP contribution in [0.3, 0.4) is 0 Å². The average molecular weight is 992 g/mol. The van der Waals surface area contributed by atoms with Crippen LogP contribution in [0.2, 0.25) is 0 Å². The molecule has 24 nitrogen and oxygen atoms in total. The van der Waals surface area contributed by atoms with E-state index in [1.807, 2.05) is 6.92 Å². The summed E-state index contributed by atoms with van der Waals surface area (Å²) < 4.78 is 0. The van der Waals surface area contributed by atoms with E-state index in [-0.39, 0.29) is 31.6 Å². The number of fused-ring (bicyclic) bond motifs is 1. The lowest BCUT2D eigenvalue weighted by atomic mass is 9.99. The third kappa shape index (κ3) is 18.9. The molecule has 3 rings (SSSR count). The number of H-pyrrole nitrogens is 1. The zero-order chi connectivity index (χ0) is 52.9. The predicted molar refractivity (Wildman–Crippen MR) is 256 cm³/mol. The lowest BCUT2D eigenvalue weighted by Crippen LogP contribution is -2.60. The molecule has 24 heteroatoms. The predicted octanol–water partition coefficient (Wildman–Crippen LogP) is -2.03. The Bertz CT molecular complexity index is 2390. The van der Waals surface area contributed by atoms with Gasteiger partial charge >= 0.3 is 11.9 Å². The van der Waals surface area contributed by atoms with Crippen molar-refractivity contribution in [2.24, 2.45) is 23.3 Å². The SMILES string of the molecule is CC[C@H](C)[C@H](N)C(=O)NCC(=O)N[C@@H](CCC(N)=O)C(=O)N[C@@H](C)C(=O)N[C@@H](CC(=O)O)C(=O)N[C@@H](Cc1c[nH]c2ccccc12)C(=O)N[C@@H](Cc1ccccc1)C(=O)NCC(=O)N[C@H](C(=O)O)C(C)C. The summed E-state index contributed by atoms with van der Waals surface area (Å²) in [4.78, 5) is 145. The van der Waals surface area contributed by atoms with Gasteiger partial charge in [0.15, 0.2) is 0 Å².